The molecule has 0 aliphatic heterocycles. The van der Waals surface area contributed by atoms with E-state index in [0.29, 0.717) is 0 Å². The van der Waals surface area contributed by atoms with Crippen LogP contribution in [0.15, 0.2) is 0 Å². The average molecular weight is 893 g/mol. The van der Waals surface area contributed by atoms with Gasteiger partial charge in [0.15, 0.2) is 0 Å². The standard InChI is InChI=1S/C62H119N2/c1-5-8-11-14-17-20-23-26-29-32-35-38-41-44-47-50-53-56-60-61(57-54-51-48-45-42-39-36-33-30-27-24-21-18-15-12-9-6-2)63-59(4)64-62(60)58-55-52-49-46-43-40-37-34-31-28-25-22-19-16-13-10-7-3/h4-58H2,1-3H3. The molecule has 0 N–H and O–H groups in total. The van der Waals surface area contributed by atoms with Crippen molar-refractivity contribution >= 4 is 0 Å². The van der Waals surface area contributed by atoms with E-state index < -0.39 is 0 Å². The van der Waals surface area contributed by atoms with Crippen molar-refractivity contribution in [3.63, 3.8) is 0 Å². The van der Waals surface area contributed by atoms with Crippen molar-refractivity contribution < 1.29 is 0 Å². The summed E-state index contributed by atoms with van der Waals surface area (Å²) in [5.41, 5.74) is 4.25. The SMILES string of the molecule is [CH2]c1nc(CCCCCCCCCCCCCCCCCCC)c(CCCCCCCCCCCCCCCCCCC)c(CCCCCCCCCCCCCCCCCCC)n1. The monoisotopic (exact) mass is 892 g/mol. The molecular formula is C62H119N2. The molecule has 1 aromatic rings. The molecule has 0 saturated heterocycles. The summed E-state index contributed by atoms with van der Waals surface area (Å²) in [5.74, 6) is 0.773. The third-order valence-electron chi connectivity index (χ3n) is 14.8. The number of hydrogen-bond donors (Lipinski definition) is 0. The molecule has 2 nitrogen and oxygen atoms in total. The van der Waals surface area contributed by atoms with Crippen LogP contribution in [0.5, 0.6) is 0 Å². The molecule has 1 radical (unpaired) electrons. The molecule has 2 heteroatoms. The Morgan fingerprint density at radius 3 is 0.562 bits per heavy atom. The molecule has 0 amide bonds. The molecule has 0 unspecified atom stereocenters. The summed E-state index contributed by atoms with van der Waals surface area (Å²) in [5, 5.41) is 0. The van der Waals surface area contributed by atoms with Gasteiger partial charge in [0.05, 0.1) is 0 Å². The first-order valence-electron chi connectivity index (χ1n) is 30.4. The maximum absolute atomic E-state index is 5.04. The molecule has 0 saturated carbocycles. The van der Waals surface area contributed by atoms with Gasteiger partial charge >= 0.3 is 0 Å². The lowest BCUT2D eigenvalue weighted by molar-refractivity contribution is 0.524. The smallest absolute Gasteiger partial charge is 0.129 e. The summed E-state index contributed by atoms with van der Waals surface area (Å²) in [7, 11) is 0. The summed E-state index contributed by atoms with van der Waals surface area (Å²) in [4.78, 5) is 10.1. The van der Waals surface area contributed by atoms with Crippen molar-refractivity contribution in [1.82, 2.24) is 9.97 Å². The van der Waals surface area contributed by atoms with Crippen LogP contribution < -0.4 is 0 Å². The van der Waals surface area contributed by atoms with Gasteiger partial charge in [0.1, 0.15) is 5.82 Å². The highest BCUT2D eigenvalue weighted by Gasteiger charge is 2.13. The number of hydrogen-bond acceptors (Lipinski definition) is 2. The summed E-state index contributed by atoms with van der Waals surface area (Å²) in [6.07, 6.45) is 76.3. The lowest BCUT2D eigenvalue weighted by Gasteiger charge is -2.15. The molecule has 0 atom stereocenters. The van der Waals surface area contributed by atoms with Crippen molar-refractivity contribution in [2.75, 3.05) is 0 Å². The molecule has 1 rings (SSSR count). The molecule has 0 fully saturated rings. The molecule has 1 aromatic heterocycles. The van der Waals surface area contributed by atoms with Crippen molar-refractivity contribution in [3.8, 4) is 0 Å². The van der Waals surface area contributed by atoms with Crippen LogP contribution in [0, 0.1) is 6.92 Å². The second-order valence-corrected chi connectivity index (χ2v) is 21.2. The highest BCUT2D eigenvalue weighted by Crippen LogP contribution is 2.23. The molecule has 377 valence electrons. The Labute approximate surface area is 405 Å². The fourth-order valence-electron chi connectivity index (χ4n) is 10.4. The Kier molecular flexibility index (Phi) is 49.1. The number of unbranched alkanes of at least 4 members (excludes halogenated alkanes) is 48. The Bertz CT molecular complexity index is 973. The van der Waals surface area contributed by atoms with Gasteiger partial charge in [-0.1, -0.05) is 329 Å². The Morgan fingerprint density at radius 1 is 0.219 bits per heavy atom. The Balaban J connectivity index is 2.35. The summed E-state index contributed by atoms with van der Waals surface area (Å²) in [6, 6.07) is 0. The number of aryl methyl sites for hydroxylation is 2. The first kappa shape index (κ1) is 61.1. The summed E-state index contributed by atoms with van der Waals surface area (Å²) < 4.78 is 0. The van der Waals surface area contributed by atoms with E-state index in [2.05, 4.69) is 27.7 Å². The third-order valence-corrected chi connectivity index (χ3v) is 14.8. The zero-order chi connectivity index (χ0) is 45.9. The molecule has 0 aliphatic carbocycles. The number of rotatable bonds is 54. The lowest BCUT2D eigenvalue weighted by atomic mass is 9.96. The van der Waals surface area contributed by atoms with E-state index in [1.165, 1.54) is 351 Å². The van der Waals surface area contributed by atoms with Gasteiger partial charge in [-0.25, -0.2) is 9.97 Å². The highest BCUT2D eigenvalue weighted by molar-refractivity contribution is 5.27. The van der Waals surface area contributed by atoms with Crippen LogP contribution in [-0.4, -0.2) is 9.97 Å². The minimum Gasteiger partial charge on any atom is -0.238 e. The predicted molar refractivity (Wildman–Crippen MR) is 290 cm³/mol. The van der Waals surface area contributed by atoms with Crippen molar-refractivity contribution in [3.05, 3.63) is 29.7 Å². The average Bonchev–Trinajstić information content (AvgIpc) is 3.30. The highest BCUT2D eigenvalue weighted by atomic mass is 14.9. The lowest BCUT2D eigenvalue weighted by Crippen LogP contribution is -2.09. The van der Waals surface area contributed by atoms with E-state index in [1.54, 1.807) is 0 Å². The zero-order valence-corrected chi connectivity index (χ0v) is 44.8. The number of nitrogens with zero attached hydrogens (tertiary/aromatic N) is 2. The van der Waals surface area contributed by atoms with Gasteiger partial charge in [-0.15, -0.1) is 0 Å². The molecule has 64 heavy (non-hydrogen) atoms. The second-order valence-electron chi connectivity index (χ2n) is 21.2. The van der Waals surface area contributed by atoms with Gasteiger partial charge in [0, 0.05) is 18.3 Å². The maximum Gasteiger partial charge on any atom is 0.129 e. The Hall–Kier alpha value is -0.920. The van der Waals surface area contributed by atoms with Gasteiger partial charge in [0.25, 0.3) is 0 Å². The zero-order valence-electron chi connectivity index (χ0n) is 44.8. The van der Waals surface area contributed by atoms with Gasteiger partial charge in [-0.3, -0.25) is 0 Å². The minimum atomic E-state index is 0.773. The molecule has 0 spiro atoms. The van der Waals surface area contributed by atoms with E-state index in [1.807, 2.05) is 0 Å². The van der Waals surface area contributed by atoms with Crippen LogP contribution in [-0.2, 0) is 19.3 Å². The Morgan fingerprint density at radius 2 is 0.375 bits per heavy atom. The molecule has 1 heterocycles. The molecule has 0 aliphatic rings. The predicted octanol–water partition coefficient (Wildman–Crippen LogP) is 22.2. The van der Waals surface area contributed by atoms with E-state index in [0.717, 1.165) is 18.7 Å². The molecule has 0 aromatic carbocycles. The second kappa shape index (κ2) is 51.5. The van der Waals surface area contributed by atoms with E-state index >= 15 is 0 Å². The minimum absolute atomic E-state index is 0.773. The first-order valence-corrected chi connectivity index (χ1v) is 30.4. The fraction of sp³-hybridized carbons (Fsp3) is 0.919. The maximum atomic E-state index is 5.04. The molecule has 0 bridgehead atoms. The first-order chi connectivity index (χ1) is 31.7. The largest absolute Gasteiger partial charge is 0.238 e. The van der Waals surface area contributed by atoms with Crippen LogP contribution in [0.3, 0.4) is 0 Å². The van der Waals surface area contributed by atoms with Crippen LogP contribution in [0.4, 0.5) is 0 Å². The van der Waals surface area contributed by atoms with E-state index in [4.69, 9.17) is 9.97 Å². The summed E-state index contributed by atoms with van der Waals surface area (Å²) >= 11 is 0. The van der Waals surface area contributed by atoms with Crippen LogP contribution in [0.1, 0.15) is 371 Å². The van der Waals surface area contributed by atoms with E-state index in [9.17, 15) is 0 Å². The van der Waals surface area contributed by atoms with Gasteiger partial charge < -0.3 is 0 Å². The summed E-state index contributed by atoms with van der Waals surface area (Å²) in [6.45, 7) is 11.2. The van der Waals surface area contributed by atoms with Gasteiger partial charge in [-0.2, -0.15) is 0 Å². The fourth-order valence-corrected chi connectivity index (χ4v) is 10.4. The van der Waals surface area contributed by atoms with Gasteiger partial charge in [0.2, 0.25) is 0 Å². The van der Waals surface area contributed by atoms with Crippen LogP contribution in [0.25, 0.3) is 0 Å². The van der Waals surface area contributed by atoms with Crippen molar-refractivity contribution in [2.45, 2.75) is 367 Å². The normalized spacial score (nSPS) is 11.7. The van der Waals surface area contributed by atoms with Crippen LogP contribution in [0.2, 0.25) is 0 Å². The quantitative estimate of drug-likeness (QED) is 0.0609. The molecular weight excluding hydrogens is 773 g/mol. The van der Waals surface area contributed by atoms with Gasteiger partial charge in [-0.05, 0) is 44.1 Å². The van der Waals surface area contributed by atoms with Crippen molar-refractivity contribution in [1.29, 1.82) is 0 Å². The topological polar surface area (TPSA) is 25.8 Å². The van der Waals surface area contributed by atoms with Crippen molar-refractivity contribution in [2.24, 2.45) is 0 Å². The third kappa shape index (κ3) is 42.4. The van der Waals surface area contributed by atoms with Crippen LogP contribution >= 0.6 is 0 Å². The van der Waals surface area contributed by atoms with E-state index in [-0.39, 0.29) is 0 Å². The number of aromatic nitrogens is 2.